The molecule has 0 bridgehead atoms. The molecule has 1 aromatic rings. The monoisotopic (exact) mass is 482 g/mol. The molecule has 0 heterocycles. The van der Waals surface area contributed by atoms with Crippen molar-refractivity contribution in [3.8, 4) is 0 Å². The van der Waals surface area contributed by atoms with E-state index in [1.54, 1.807) is 0 Å². The number of nitrogens with one attached hydrogen (secondary N) is 1. The number of benzene rings is 1. The molecule has 0 saturated heterocycles. The Morgan fingerprint density at radius 2 is 1.42 bits per heavy atom. The molecule has 33 heavy (non-hydrogen) atoms. The number of carbonyl (C=O) groups is 1. The Kier molecular flexibility index (Phi) is 17.2. The zero-order valence-corrected chi connectivity index (χ0v) is 21.2. The number of carbonyl (C=O) groups excluding carboxylic acids is 1. The first kappa shape index (κ1) is 29.7. The molecule has 0 aromatic heterocycles. The molecular formula is C26H45NO5P+. The maximum Gasteiger partial charge on any atom is 0.567 e. The minimum Gasteiger partial charge on any atom is -0.347 e. The first-order valence-corrected chi connectivity index (χ1v) is 14.2. The SMILES string of the molecule is CCCCCCCC/C=C\CCCCCCCC(=O)N[C@H](CO[P+](O)(O)O)c1ccccc1. The van der Waals surface area contributed by atoms with Gasteiger partial charge in [-0.15, -0.1) is 0 Å². The summed E-state index contributed by atoms with van der Waals surface area (Å²) in [5.41, 5.74) is 0.781. The lowest BCUT2D eigenvalue weighted by atomic mass is 10.1. The zero-order valence-electron chi connectivity index (χ0n) is 20.3. The van der Waals surface area contributed by atoms with Gasteiger partial charge in [-0.1, -0.05) is 101 Å². The molecule has 4 N–H and O–H groups in total. The Balaban J connectivity index is 2.10. The van der Waals surface area contributed by atoms with E-state index in [1.165, 1.54) is 57.8 Å². The van der Waals surface area contributed by atoms with Crippen molar-refractivity contribution in [2.75, 3.05) is 6.61 Å². The lowest BCUT2D eigenvalue weighted by molar-refractivity contribution is -0.122. The number of allylic oxidation sites excluding steroid dienone is 2. The van der Waals surface area contributed by atoms with Crippen LogP contribution in [0.25, 0.3) is 0 Å². The van der Waals surface area contributed by atoms with Crippen molar-refractivity contribution in [3.05, 3.63) is 48.0 Å². The summed E-state index contributed by atoms with van der Waals surface area (Å²) in [6.07, 6.45) is 20.8. The van der Waals surface area contributed by atoms with Crippen molar-refractivity contribution >= 4 is 14.1 Å². The molecule has 0 fully saturated rings. The van der Waals surface area contributed by atoms with Crippen LogP contribution in [0.3, 0.4) is 0 Å². The molecular weight excluding hydrogens is 437 g/mol. The molecule has 6 nitrogen and oxygen atoms in total. The first-order valence-electron chi connectivity index (χ1n) is 12.6. The van der Waals surface area contributed by atoms with Gasteiger partial charge in [0.05, 0.1) is 6.04 Å². The van der Waals surface area contributed by atoms with Crippen molar-refractivity contribution in [3.63, 3.8) is 0 Å². The standard InChI is InChI=1S/C26H44NO5P/c1-2-3-4-5-6-7-8-9-10-11-12-13-14-15-19-22-26(28)27-25(23-32-33(29,30)31)24-20-17-16-18-21-24/h9-10,16-18,20-21,25,29-31H,2-8,11-15,19,22-23H2,1H3/p+1/b10-9-/t25-/m1/s1. The predicted molar refractivity (Wildman–Crippen MR) is 136 cm³/mol. The second-order valence-electron chi connectivity index (χ2n) is 8.67. The van der Waals surface area contributed by atoms with Gasteiger partial charge >= 0.3 is 8.17 Å². The molecule has 188 valence electrons. The van der Waals surface area contributed by atoms with Crippen molar-refractivity contribution in [2.45, 2.75) is 103 Å². The van der Waals surface area contributed by atoms with Crippen molar-refractivity contribution in [1.82, 2.24) is 5.32 Å². The smallest absolute Gasteiger partial charge is 0.347 e. The molecule has 7 heteroatoms. The maximum atomic E-state index is 12.3. The van der Waals surface area contributed by atoms with Gasteiger partial charge in [0.2, 0.25) is 5.91 Å². The highest BCUT2D eigenvalue weighted by atomic mass is 31.2. The zero-order chi connectivity index (χ0) is 24.2. The highest BCUT2D eigenvalue weighted by Crippen LogP contribution is 2.46. The van der Waals surface area contributed by atoms with Gasteiger partial charge in [-0.25, -0.2) is 0 Å². The van der Waals surface area contributed by atoms with Crippen LogP contribution in [0.4, 0.5) is 0 Å². The molecule has 0 unspecified atom stereocenters. The lowest BCUT2D eigenvalue weighted by Crippen LogP contribution is -2.31. The molecule has 0 spiro atoms. The summed E-state index contributed by atoms with van der Waals surface area (Å²) in [7, 11) is -4.34. The Morgan fingerprint density at radius 1 is 0.879 bits per heavy atom. The normalized spacial score (nSPS) is 12.8. The van der Waals surface area contributed by atoms with Crippen LogP contribution in [0, 0.1) is 0 Å². The van der Waals surface area contributed by atoms with Gasteiger partial charge in [-0.2, -0.15) is 19.2 Å². The Labute approximate surface area is 201 Å². The third-order valence-electron chi connectivity index (χ3n) is 5.62. The van der Waals surface area contributed by atoms with E-state index in [4.69, 9.17) is 19.2 Å². The second kappa shape index (κ2) is 19.1. The Hall–Kier alpha value is -1.30. The molecule has 0 aliphatic heterocycles. The van der Waals surface area contributed by atoms with Crippen LogP contribution in [0.15, 0.2) is 42.5 Å². The third-order valence-corrected chi connectivity index (χ3v) is 6.11. The van der Waals surface area contributed by atoms with Gasteiger partial charge < -0.3 is 5.32 Å². The molecule has 1 amide bonds. The summed E-state index contributed by atoms with van der Waals surface area (Å²) < 4.78 is 4.74. The molecule has 1 rings (SSSR count). The highest BCUT2D eigenvalue weighted by Gasteiger charge is 2.34. The van der Waals surface area contributed by atoms with Crippen LogP contribution in [0.5, 0.6) is 0 Å². The summed E-state index contributed by atoms with van der Waals surface area (Å²) in [6.45, 7) is 2.04. The first-order chi connectivity index (χ1) is 15.9. The quantitative estimate of drug-likeness (QED) is 0.0959. The molecule has 0 aliphatic rings. The number of hydrogen-bond donors (Lipinski definition) is 4. The summed E-state index contributed by atoms with van der Waals surface area (Å²) >= 11 is 0. The summed E-state index contributed by atoms with van der Waals surface area (Å²) in [5.74, 6) is -0.108. The van der Waals surface area contributed by atoms with Crippen LogP contribution >= 0.6 is 8.17 Å². The summed E-state index contributed by atoms with van der Waals surface area (Å²) in [5, 5.41) is 2.87. The van der Waals surface area contributed by atoms with Crippen molar-refractivity contribution in [2.24, 2.45) is 0 Å². The number of rotatable bonds is 20. The van der Waals surface area contributed by atoms with E-state index >= 15 is 0 Å². The summed E-state index contributed by atoms with van der Waals surface area (Å²) in [6, 6.07) is 8.61. The van der Waals surface area contributed by atoms with E-state index in [2.05, 4.69) is 24.4 Å². The minimum atomic E-state index is -4.34. The topological polar surface area (TPSA) is 99.0 Å². The van der Waals surface area contributed by atoms with E-state index in [1.807, 2.05) is 30.3 Å². The van der Waals surface area contributed by atoms with Gasteiger partial charge in [0.25, 0.3) is 0 Å². The molecule has 0 radical (unpaired) electrons. The molecule has 1 atom stereocenters. The van der Waals surface area contributed by atoms with Gasteiger partial charge in [0.15, 0.2) is 0 Å². The van der Waals surface area contributed by atoms with Crippen LogP contribution in [-0.2, 0) is 9.32 Å². The van der Waals surface area contributed by atoms with Crippen LogP contribution in [0.2, 0.25) is 0 Å². The summed E-state index contributed by atoms with van der Waals surface area (Å²) in [4.78, 5) is 39.6. The second-order valence-corrected chi connectivity index (χ2v) is 9.96. The molecule has 1 aromatic carbocycles. The average molecular weight is 483 g/mol. The van der Waals surface area contributed by atoms with Crippen LogP contribution < -0.4 is 5.32 Å². The minimum absolute atomic E-state index is 0.108. The highest BCUT2D eigenvalue weighted by molar-refractivity contribution is 7.53. The maximum absolute atomic E-state index is 12.3. The lowest BCUT2D eigenvalue weighted by Gasteiger charge is -2.18. The predicted octanol–water partition coefficient (Wildman–Crippen LogP) is 6.55. The van der Waals surface area contributed by atoms with E-state index in [0.717, 1.165) is 31.2 Å². The van der Waals surface area contributed by atoms with Gasteiger partial charge in [-0.05, 0) is 37.7 Å². The fraction of sp³-hybridized carbons (Fsp3) is 0.654. The van der Waals surface area contributed by atoms with E-state index in [9.17, 15) is 4.79 Å². The van der Waals surface area contributed by atoms with Gasteiger partial charge in [-0.3, -0.25) is 4.79 Å². The third kappa shape index (κ3) is 17.8. The number of hydrogen-bond acceptors (Lipinski definition) is 5. The number of unbranched alkanes of at least 4 members (excludes halogenated alkanes) is 11. The number of amides is 1. The Morgan fingerprint density at radius 3 is 2.00 bits per heavy atom. The van der Waals surface area contributed by atoms with Crippen LogP contribution in [0.1, 0.15) is 108 Å². The van der Waals surface area contributed by atoms with Crippen molar-refractivity contribution < 1.29 is 24.0 Å². The van der Waals surface area contributed by atoms with Crippen LogP contribution in [-0.4, -0.2) is 27.2 Å². The van der Waals surface area contributed by atoms with Gasteiger partial charge in [0.1, 0.15) is 6.61 Å². The fourth-order valence-electron chi connectivity index (χ4n) is 3.70. The fourth-order valence-corrected chi connectivity index (χ4v) is 4.05. The van der Waals surface area contributed by atoms with Gasteiger partial charge in [0, 0.05) is 6.42 Å². The van der Waals surface area contributed by atoms with Crippen molar-refractivity contribution in [1.29, 1.82) is 0 Å². The van der Waals surface area contributed by atoms with E-state index in [-0.39, 0.29) is 12.5 Å². The molecule has 0 saturated carbocycles. The largest absolute Gasteiger partial charge is 0.567 e. The van der Waals surface area contributed by atoms with E-state index < -0.39 is 14.2 Å². The average Bonchev–Trinajstić information content (AvgIpc) is 2.79. The van der Waals surface area contributed by atoms with E-state index in [0.29, 0.717) is 6.42 Å². The molecule has 0 aliphatic carbocycles. The Bertz CT molecular complexity index is 633.